The van der Waals surface area contributed by atoms with Crippen molar-refractivity contribution in [3.8, 4) is 11.3 Å². The minimum absolute atomic E-state index is 0.110. The Kier molecular flexibility index (Phi) is 10.1. The molecule has 1 N–H and O–H groups in total. The predicted octanol–water partition coefficient (Wildman–Crippen LogP) is 5.09. The number of pyridine rings is 1. The highest BCUT2D eigenvalue weighted by Gasteiger charge is 2.15. The Balaban J connectivity index is 1.25. The number of aromatic nitrogens is 3. The molecule has 4 aromatic rings. The minimum atomic E-state index is -0.147. The SMILES string of the molecule is C/C(=C\C(=O)c1cncc(-c2ccnc(Cc3cc(NC(=O)c4ccc(CN5CCN(C)CC5)cc4)ccc3C)n2)c1)N(C)C. The van der Waals surface area contributed by atoms with Crippen molar-refractivity contribution >= 4 is 17.4 Å². The fourth-order valence-electron chi connectivity index (χ4n) is 5.10. The Morgan fingerprint density at radius 3 is 2.44 bits per heavy atom. The molecule has 1 aliphatic rings. The van der Waals surface area contributed by atoms with Gasteiger partial charge < -0.3 is 15.1 Å². The van der Waals surface area contributed by atoms with Crippen molar-refractivity contribution in [2.75, 3.05) is 52.6 Å². The molecular formula is C36H41N7O2. The number of anilines is 1. The first-order valence-electron chi connectivity index (χ1n) is 15.2. The van der Waals surface area contributed by atoms with Gasteiger partial charge in [-0.3, -0.25) is 19.5 Å². The van der Waals surface area contributed by atoms with Crippen LogP contribution in [0.3, 0.4) is 0 Å². The van der Waals surface area contributed by atoms with Crippen molar-refractivity contribution in [1.82, 2.24) is 29.7 Å². The van der Waals surface area contributed by atoms with E-state index in [-0.39, 0.29) is 11.7 Å². The van der Waals surface area contributed by atoms with Gasteiger partial charge in [0, 0.05) is 106 Å². The molecule has 9 nitrogen and oxygen atoms in total. The summed E-state index contributed by atoms with van der Waals surface area (Å²) in [5.41, 5.74) is 7.43. The molecule has 2 aromatic carbocycles. The number of amides is 1. The fourth-order valence-corrected chi connectivity index (χ4v) is 5.10. The first kappa shape index (κ1) is 31.7. The number of hydrogen-bond acceptors (Lipinski definition) is 8. The molecule has 0 spiro atoms. The monoisotopic (exact) mass is 603 g/mol. The van der Waals surface area contributed by atoms with Crippen LogP contribution in [0.4, 0.5) is 5.69 Å². The summed E-state index contributed by atoms with van der Waals surface area (Å²) in [4.78, 5) is 46.1. The largest absolute Gasteiger partial charge is 0.381 e. The molecule has 0 atom stereocenters. The summed E-state index contributed by atoms with van der Waals surface area (Å²) in [7, 11) is 5.95. The number of carbonyl (C=O) groups is 2. The maximum absolute atomic E-state index is 13.1. The first-order chi connectivity index (χ1) is 21.6. The summed E-state index contributed by atoms with van der Waals surface area (Å²) in [6.45, 7) is 9.11. The van der Waals surface area contributed by atoms with Gasteiger partial charge in [-0.1, -0.05) is 18.2 Å². The second-order valence-electron chi connectivity index (χ2n) is 11.9. The van der Waals surface area contributed by atoms with Gasteiger partial charge in [-0.2, -0.15) is 0 Å². The molecule has 9 heteroatoms. The van der Waals surface area contributed by atoms with Crippen LogP contribution in [-0.4, -0.2) is 88.7 Å². The Morgan fingerprint density at radius 1 is 0.956 bits per heavy atom. The molecule has 3 heterocycles. The average Bonchev–Trinajstić information content (AvgIpc) is 3.04. The van der Waals surface area contributed by atoms with Crippen LogP contribution in [0.2, 0.25) is 0 Å². The van der Waals surface area contributed by atoms with Gasteiger partial charge in [0.05, 0.1) is 5.69 Å². The highest BCUT2D eigenvalue weighted by Crippen LogP contribution is 2.22. The van der Waals surface area contributed by atoms with Gasteiger partial charge in [0.2, 0.25) is 0 Å². The molecule has 0 bridgehead atoms. The van der Waals surface area contributed by atoms with Crippen molar-refractivity contribution in [3.63, 3.8) is 0 Å². The number of allylic oxidation sites excluding steroid dienone is 2. The van der Waals surface area contributed by atoms with E-state index in [4.69, 9.17) is 4.98 Å². The summed E-state index contributed by atoms with van der Waals surface area (Å²) in [5.74, 6) is 0.378. The van der Waals surface area contributed by atoms with Crippen LogP contribution >= 0.6 is 0 Å². The zero-order valence-electron chi connectivity index (χ0n) is 26.7. The van der Waals surface area contributed by atoms with Gasteiger partial charge in [-0.15, -0.1) is 0 Å². The minimum Gasteiger partial charge on any atom is -0.381 e. The van der Waals surface area contributed by atoms with Gasteiger partial charge in [-0.05, 0) is 74.0 Å². The topological polar surface area (TPSA) is 94.6 Å². The number of aryl methyl sites for hydroxylation is 1. The third-order valence-electron chi connectivity index (χ3n) is 8.24. The van der Waals surface area contributed by atoms with E-state index < -0.39 is 0 Å². The highest BCUT2D eigenvalue weighted by molar-refractivity contribution is 6.05. The fraction of sp³-hybridized carbons (Fsp3) is 0.306. The summed E-state index contributed by atoms with van der Waals surface area (Å²) in [5, 5.41) is 3.05. The Bertz CT molecular complexity index is 1690. The number of ketones is 1. The van der Waals surface area contributed by atoms with E-state index in [1.165, 1.54) is 5.56 Å². The normalized spacial score (nSPS) is 14.3. The van der Waals surface area contributed by atoms with Crippen LogP contribution in [0.15, 0.2) is 85.0 Å². The lowest BCUT2D eigenvalue weighted by Gasteiger charge is -2.32. The predicted molar refractivity (Wildman–Crippen MR) is 178 cm³/mol. The van der Waals surface area contributed by atoms with Crippen LogP contribution < -0.4 is 5.32 Å². The number of likely N-dealkylation sites (N-methyl/N-ethyl adjacent to an activating group) is 1. The molecule has 1 fully saturated rings. The number of rotatable bonds is 10. The highest BCUT2D eigenvalue weighted by atomic mass is 16.1. The van der Waals surface area contributed by atoms with Crippen molar-refractivity contribution in [3.05, 3.63) is 119 Å². The lowest BCUT2D eigenvalue weighted by Crippen LogP contribution is -2.43. The Labute approximate surface area is 265 Å². The average molecular weight is 604 g/mol. The Hall–Kier alpha value is -4.73. The zero-order valence-corrected chi connectivity index (χ0v) is 26.7. The van der Waals surface area contributed by atoms with Gasteiger partial charge in [0.25, 0.3) is 5.91 Å². The standard InChI is InChI=1S/C36H41N7O2/c1-25-6-11-32(39-36(45)28-9-7-27(8-10-28)24-43-16-14-42(5)15-17-43)20-29(25)21-35-38-13-12-33(40-35)30-19-31(23-37-22-30)34(44)18-26(2)41(3)4/h6-13,18-20,22-23H,14-17,21,24H2,1-5H3,(H,39,45)/b26-18+. The molecule has 0 saturated carbocycles. The molecule has 0 aliphatic carbocycles. The lowest BCUT2D eigenvalue weighted by molar-refractivity contribution is 0.102. The number of piperazine rings is 1. The molecule has 0 radical (unpaired) electrons. The molecule has 0 unspecified atom stereocenters. The first-order valence-corrected chi connectivity index (χ1v) is 15.2. The molecule has 232 valence electrons. The van der Waals surface area contributed by atoms with Crippen LogP contribution in [0.5, 0.6) is 0 Å². The van der Waals surface area contributed by atoms with Gasteiger partial charge >= 0.3 is 0 Å². The summed E-state index contributed by atoms with van der Waals surface area (Å²) >= 11 is 0. The zero-order chi connectivity index (χ0) is 31.9. The molecule has 1 aliphatic heterocycles. The van der Waals surface area contributed by atoms with Crippen molar-refractivity contribution < 1.29 is 9.59 Å². The number of carbonyl (C=O) groups excluding carboxylic acids is 2. The van der Waals surface area contributed by atoms with E-state index in [0.29, 0.717) is 29.1 Å². The van der Waals surface area contributed by atoms with Gasteiger partial charge in [-0.25, -0.2) is 9.97 Å². The molecule has 1 saturated heterocycles. The van der Waals surface area contributed by atoms with E-state index in [9.17, 15) is 9.59 Å². The number of hydrogen-bond donors (Lipinski definition) is 1. The quantitative estimate of drug-likeness (QED) is 0.198. The molecule has 1 amide bonds. The van der Waals surface area contributed by atoms with E-state index in [2.05, 4.69) is 32.1 Å². The van der Waals surface area contributed by atoms with E-state index in [1.54, 1.807) is 30.7 Å². The second-order valence-corrected chi connectivity index (χ2v) is 11.9. The number of nitrogens with one attached hydrogen (secondary N) is 1. The maximum atomic E-state index is 13.1. The van der Waals surface area contributed by atoms with Crippen LogP contribution in [0.1, 0.15) is 50.2 Å². The van der Waals surface area contributed by atoms with Gasteiger partial charge in [0.1, 0.15) is 5.82 Å². The van der Waals surface area contributed by atoms with E-state index in [1.807, 2.05) is 81.4 Å². The molecule has 2 aromatic heterocycles. The molecular weight excluding hydrogens is 562 g/mol. The number of benzene rings is 2. The van der Waals surface area contributed by atoms with Crippen LogP contribution in [0.25, 0.3) is 11.3 Å². The van der Waals surface area contributed by atoms with Crippen molar-refractivity contribution in [2.45, 2.75) is 26.8 Å². The van der Waals surface area contributed by atoms with Crippen LogP contribution in [-0.2, 0) is 13.0 Å². The Morgan fingerprint density at radius 2 is 1.71 bits per heavy atom. The number of nitrogens with zero attached hydrogens (tertiary/aromatic N) is 6. The van der Waals surface area contributed by atoms with Crippen molar-refractivity contribution in [2.24, 2.45) is 0 Å². The third-order valence-corrected chi connectivity index (χ3v) is 8.24. The summed E-state index contributed by atoms with van der Waals surface area (Å²) in [6, 6.07) is 17.4. The third kappa shape index (κ3) is 8.47. The molecule has 45 heavy (non-hydrogen) atoms. The van der Waals surface area contributed by atoms with Crippen molar-refractivity contribution in [1.29, 1.82) is 0 Å². The summed E-state index contributed by atoms with van der Waals surface area (Å²) < 4.78 is 0. The maximum Gasteiger partial charge on any atom is 0.255 e. The second kappa shape index (κ2) is 14.4. The smallest absolute Gasteiger partial charge is 0.255 e. The summed E-state index contributed by atoms with van der Waals surface area (Å²) in [6.07, 6.45) is 7.08. The van der Waals surface area contributed by atoms with E-state index >= 15 is 0 Å². The van der Waals surface area contributed by atoms with Gasteiger partial charge in [0.15, 0.2) is 5.78 Å². The van der Waals surface area contributed by atoms with E-state index in [0.717, 1.165) is 60.8 Å². The lowest BCUT2D eigenvalue weighted by atomic mass is 10.0. The van der Waals surface area contributed by atoms with Crippen LogP contribution in [0, 0.1) is 6.92 Å². The molecule has 5 rings (SSSR count).